The Morgan fingerprint density at radius 3 is 2.55 bits per heavy atom. The number of nitrogens with zero attached hydrogens (tertiary/aromatic N) is 1. The van der Waals surface area contributed by atoms with E-state index in [2.05, 4.69) is 0 Å². The molecular formula is C20H20F2KN3O6S. The van der Waals surface area contributed by atoms with Crippen LogP contribution in [0.5, 0.6) is 5.75 Å². The van der Waals surface area contributed by atoms with E-state index in [0.717, 1.165) is 17.0 Å². The van der Waals surface area contributed by atoms with Gasteiger partial charge in [-0.15, -0.1) is 0 Å². The minimum Gasteiger partial charge on any atom is -1.00 e. The summed E-state index contributed by atoms with van der Waals surface area (Å²) in [6.07, 6.45) is -1.07. The molecule has 0 atom stereocenters. The number of carbonyl (C=O) groups is 1. The molecule has 3 rings (SSSR count). The maximum atomic E-state index is 14.7. The van der Waals surface area contributed by atoms with Gasteiger partial charge in [-0.2, -0.15) is 8.42 Å². The van der Waals surface area contributed by atoms with E-state index in [4.69, 9.17) is 14.3 Å². The Kier molecular flexibility index (Phi) is 8.78. The predicted octanol–water partition coefficient (Wildman–Crippen LogP) is -0.237. The second-order valence-corrected chi connectivity index (χ2v) is 8.43. The minimum absolute atomic E-state index is 0. The largest absolute Gasteiger partial charge is 1.00 e. The third-order valence-corrected chi connectivity index (χ3v) is 5.10. The summed E-state index contributed by atoms with van der Waals surface area (Å²) in [5.41, 5.74) is -0.858. The summed E-state index contributed by atoms with van der Waals surface area (Å²) in [6, 6.07) is 6.04. The van der Waals surface area contributed by atoms with E-state index >= 15 is 0 Å². The molecule has 0 aliphatic heterocycles. The number of nitrogens with one attached hydrogen (secondary N) is 1. The van der Waals surface area contributed by atoms with Gasteiger partial charge in [0.25, 0.3) is 10.2 Å². The van der Waals surface area contributed by atoms with Gasteiger partial charge in [-0.25, -0.2) is 23.5 Å². The Bertz CT molecular complexity index is 1400. The number of fused-ring (bicyclic) bond motifs is 1. The van der Waals surface area contributed by atoms with Crippen LogP contribution in [0, 0.1) is 18.6 Å². The number of ether oxygens (including phenoxy) is 1. The predicted molar refractivity (Wildman–Crippen MR) is 114 cm³/mol. The Morgan fingerprint density at radius 1 is 1.27 bits per heavy atom. The van der Waals surface area contributed by atoms with E-state index in [1.807, 2.05) is 4.72 Å². The van der Waals surface area contributed by atoms with E-state index in [0.29, 0.717) is 5.56 Å². The Morgan fingerprint density at radius 2 is 1.94 bits per heavy atom. The first-order valence-electron chi connectivity index (χ1n) is 9.10. The molecule has 0 aliphatic carbocycles. The molecule has 0 radical (unpaired) electrons. The van der Waals surface area contributed by atoms with Crippen molar-refractivity contribution in [2.45, 2.75) is 13.3 Å². The quantitative estimate of drug-likeness (QED) is 0.362. The molecular weight excluding hydrogens is 487 g/mol. The molecule has 0 unspecified atom stereocenters. The van der Waals surface area contributed by atoms with Gasteiger partial charge in [-0.3, -0.25) is 4.72 Å². The number of carbonyl (C=O) groups excluding carboxylic acids is 1. The molecule has 0 aliphatic rings. The smallest absolute Gasteiger partial charge is 1.00 e. The molecule has 0 saturated heterocycles. The summed E-state index contributed by atoms with van der Waals surface area (Å²) in [5.74, 6) is -2.20. The SMILES string of the molecule is Cc1c(Cc2cccc(NS(N)(=O)=O)c2F)c(=O)oc2cc(OC(=O)N(C)C)c(F)cc12.[H-].[K+]. The van der Waals surface area contributed by atoms with Gasteiger partial charge in [0.15, 0.2) is 17.4 Å². The van der Waals surface area contributed by atoms with Gasteiger partial charge in [0.1, 0.15) is 5.58 Å². The fourth-order valence-electron chi connectivity index (χ4n) is 3.00. The van der Waals surface area contributed by atoms with Crippen molar-refractivity contribution >= 4 is 33.0 Å². The van der Waals surface area contributed by atoms with Gasteiger partial charge in [-0.1, -0.05) is 12.1 Å². The van der Waals surface area contributed by atoms with E-state index in [-0.39, 0.29) is 87.0 Å². The van der Waals surface area contributed by atoms with Gasteiger partial charge >= 0.3 is 63.1 Å². The number of halogens is 2. The minimum atomic E-state index is -4.21. The van der Waals surface area contributed by atoms with Gasteiger partial charge in [-0.05, 0) is 30.2 Å². The maximum absolute atomic E-state index is 14.7. The standard InChI is InChI=1S/C20H19F2N3O6S.K.H/c1-10-12-8-14(21)17(31-20(27)25(2)3)9-16(12)30-19(26)13(10)7-11-5-4-6-15(18(11)22)24-32(23,28)29;;/h4-6,8-9,24H,7H2,1-3H3,(H2,23,28,29);;/q;+1;-1. The summed E-state index contributed by atoms with van der Waals surface area (Å²) < 4.78 is 63.7. The summed E-state index contributed by atoms with van der Waals surface area (Å²) in [6.45, 7) is 1.53. The zero-order valence-corrected chi connectivity index (χ0v) is 22.2. The van der Waals surface area contributed by atoms with Crippen molar-refractivity contribution in [3.8, 4) is 5.75 Å². The second-order valence-electron chi connectivity index (χ2n) is 7.14. The molecule has 1 amide bonds. The number of benzene rings is 2. The van der Waals surface area contributed by atoms with E-state index in [1.54, 1.807) is 0 Å². The van der Waals surface area contributed by atoms with Crippen LogP contribution in [0.1, 0.15) is 18.1 Å². The topological polar surface area (TPSA) is 132 Å². The molecule has 3 N–H and O–H groups in total. The van der Waals surface area contributed by atoms with Crippen molar-refractivity contribution in [2.75, 3.05) is 18.8 Å². The van der Waals surface area contributed by atoms with Crippen LogP contribution < -0.4 is 71.6 Å². The molecule has 172 valence electrons. The van der Waals surface area contributed by atoms with E-state index < -0.39 is 39.3 Å². The first-order chi connectivity index (χ1) is 14.9. The molecule has 0 spiro atoms. The Hall–Kier alpha value is -1.87. The van der Waals surface area contributed by atoms with Gasteiger partial charge in [0.2, 0.25) is 0 Å². The number of anilines is 1. The third-order valence-electron chi connectivity index (χ3n) is 4.60. The van der Waals surface area contributed by atoms with Crippen LogP contribution in [-0.2, 0) is 16.6 Å². The zero-order chi connectivity index (χ0) is 23.8. The number of amides is 1. The molecule has 1 aromatic heterocycles. The van der Waals surface area contributed by atoms with Crippen LogP contribution >= 0.6 is 0 Å². The Balaban J connectivity index is 0.00000289. The summed E-state index contributed by atoms with van der Waals surface area (Å²) in [4.78, 5) is 25.4. The maximum Gasteiger partial charge on any atom is 1.00 e. The molecule has 33 heavy (non-hydrogen) atoms. The van der Waals surface area contributed by atoms with Crippen molar-refractivity contribution in [2.24, 2.45) is 5.14 Å². The molecule has 0 bridgehead atoms. The molecule has 1 heterocycles. The number of nitrogens with two attached hydrogens (primary N) is 1. The van der Waals surface area contributed by atoms with Crippen molar-refractivity contribution in [1.82, 2.24) is 4.90 Å². The van der Waals surface area contributed by atoms with Crippen molar-refractivity contribution in [3.63, 3.8) is 0 Å². The van der Waals surface area contributed by atoms with Crippen LogP contribution in [0.25, 0.3) is 11.0 Å². The molecule has 13 heteroatoms. The van der Waals surface area contributed by atoms with E-state index in [9.17, 15) is 26.8 Å². The fraction of sp³-hybridized carbons (Fsp3) is 0.200. The number of aryl methyl sites for hydroxylation is 1. The third kappa shape index (κ3) is 6.38. The first kappa shape index (κ1) is 27.4. The van der Waals surface area contributed by atoms with Crippen molar-refractivity contribution in [3.05, 3.63) is 69.1 Å². The Labute approximate surface area is 232 Å². The summed E-state index contributed by atoms with van der Waals surface area (Å²) in [7, 11) is -1.37. The number of hydrogen-bond acceptors (Lipinski definition) is 6. The summed E-state index contributed by atoms with van der Waals surface area (Å²) >= 11 is 0. The normalized spacial score (nSPS) is 11.1. The molecule has 0 fully saturated rings. The second kappa shape index (κ2) is 10.6. The molecule has 2 aromatic carbocycles. The number of hydrogen-bond donors (Lipinski definition) is 2. The van der Waals surface area contributed by atoms with Crippen LogP contribution in [-0.4, -0.2) is 33.5 Å². The first-order valence-corrected chi connectivity index (χ1v) is 10.6. The molecule has 3 aromatic rings. The van der Waals surface area contributed by atoms with Gasteiger partial charge in [0.05, 0.1) is 5.69 Å². The van der Waals surface area contributed by atoms with Gasteiger partial charge < -0.3 is 15.5 Å². The molecule has 9 nitrogen and oxygen atoms in total. The van der Waals surface area contributed by atoms with Crippen LogP contribution in [0.2, 0.25) is 0 Å². The van der Waals surface area contributed by atoms with E-state index in [1.165, 1.54) is 39.2 Å². The van der Waals surface area contributed by atoms with Crippen LogP contribution in [0.3, 0.4) is 0 Å². The average molecular weight is 508 g/mol. The van der Waals surface area contributed by atoms with Crippen LogP contribution in [0.4, 0.5) is 19.3 Å². The average Bonchev–Trinajstić information content (AvgIpc) is 2.68. The zero-order valence-electron chi connectivity index (χ0n) is 19.2. The summed E-state index contributed by atoms with van der Waals surface area (Å²) in [5, 5.41) is 5.11. The fourth-order valence-corrected chi connectivity index (χ4v) is 3.46. The van der Waals surface area contributed by atoms with Crippen molar-refractivity contribution in [1.29, 1.82) is 0 Å². The van der Waals surface area contributed by atoms with Gasteiger partial charge in [0, 0.05) is 37.5 Å². The molecule has 0 saturated carbocycles. The van der Waals surface area contributed by atoms with Crippen molar-refractivity contribution < 1.29 is 84.0 Å². The monoisotopic (exact) mass is 507 g/mol. The number of rotatable bonds is 5. The van der Waals surface area contributed by atoms with Crippen LogP contribution in [0.15, 0.2) is 39.5 Å².